The van der Waals surface area contributed by atoms with Crippen molar-refractivity contribution in [3.05, 3.63) is 35.1 Å². The number of benzene rings is 1. The molecule has 104 valence electrons. The van der Waals surface area contributed by atoms with Crippen molar-refractivity contribution in [1.82, 2.24) is 5.32 Å². The number of hydrogen-bond acceptors (Lipinski definition) is 2. The lowest BCUT2D eigenvalue weighted by Gasteiger charge is -2.36. The van der Waals surface area contributed by atoms with Gasteiger partial charge in [0.25, 0.3) is 0 Å². The van der Waals surface area contributed by atoms with Crippen LogP contribution < -0.4 is 5.32 Å². The van der Waals surface area contributed by atoms with Crippen LogP contribution in [-0.2, 0) is 0 Å². The second-order valence-electron chi connectivity index (χ2n) is 5.65. The highest BCUT2D eigenvalue weighted by Crippen LogP contribution is 2.32. The van der Waals surface area contributed by atoms with Crippen LogP contribution in [0, 0.1) is 12.7 Å². The molecule has 1 aliphatic carbocycles. The lowest BCUT2D eigenvalue weighted by atomic mass is 9.77. The first kappa shape index (κ1) is 14.2. The van der Waals surface area contributed by atoms with Gasteiger partial charge < -0.3 is 5.32 Å². The van der Waals surface area contributed by atoms with Gasteiger partial charge in [-0.2, -0.15) is 0 Å². The normalized spacial score (nSPS) is 18.3. The Morgan fingerprint density at radius 3 is 2.58 bits per heavy atom. The summed E-state index contributed by atoms with van der Waals surface area (Å²) in [6.07, 6.45) is 6.22. The van der Waals surface area contributed by atoms with E-state index in [0.29, 0.717) is 12.0 Å². The van der Waals surface area contributed by atoms with Gasteiger partial charge in [0.15, 0.2) is 5.78 Å². The Kier molecular flexibility index (Phi) is 4.35. The Labute approximate surface area is 114 Å². The predicted octanol–water partition coefficient (Wildman–Crippen LogP) is 3.63. The highest BCUT2D eigenvalue weighted by atomic mass is 19.1. The minimum Gasteiger partial charge on any atom is -0.314 e. The molecule has 0 heterocycles. The first-order valence-electron chi connectivity index (χ1n) is 7.05. The molecule has 1 aromatic rings. The smallest absolute Gasteiger partial charge is 0.164 e. The fourth-order valence-electron chi connectivity index (χ4n) is 3.09. The average molecular weight is 263 g/mol. The molecular weight excluding hydrogens is 241 g/mol. The maximum atomic E-state index is 13.1. The molecule has 1 aliphatic rings. The topological polar surface area (TPSA) is 29.1 Å². The summed E-state index contributed by atoms with van der Waals surface area (Å²) in [6, 6.07) is 4.41. The third kappa shape index (κ3) is 3.21. The SMILES string of the molecule is CNC1(CC(=O)c2ccc(F)cc2C)CCCCC1. The van der Waals surface area contributed by atoms with Crippen molar-refractivity contribution in [3.63, 3.8) is 0 Å². The summed E-state index contributed by atoms with van der Waals surface area (Å²) >= 11 is 0. The monoisotopic (exact) mass is 263 g/mol. The van der Waals surface area contributed by atoms with Gasteiger partial charge in [0, 0.05) is 17.5 Å². The molecule has 2 rings (SSSR count). The number of halogens is 1. The van der Waals surface area contributed by atoms with E-state index in [-0.39, 0.29) is 17.1 Å². The molecule has 1 N–H and O–H groups in total. The number of aryl methyl sites for hydroxylation is 1. The van der Waals surface area contributed by atoms with E-state index in [9.17, 15) is 9.18 Å². The summed E-state index contributed by atoms with van der Waals surface area (Å²) in [7, 11) is 1.94. The molecular formula is C16H22FNO. The third-order valence-electron chi connectivity index (χ3n) is 4.33. The number of Topliss-reactive ketones (excluding diaryl/α,β-unsaturated/α-hetero) is 1. The largest absolute Gasteiger partial charge is 0.314 e. The second kappa shape index (κ2) is 5.83. The van der Waals surface area contributed by atoms with Crippen LogP contribution in [0.2, 0.25) is 0 Å². The van der Waals surface area contributed by atoms with Crippen molar-refractivity contribution in [2.45, 2.75) is 51.0 Å². The predicted molar refractivity (Wildman–Crippen MR) is 75.0 cm³/mol. The molecule has 3 heteroatoms. The Morgan fingerprint density at radius 2 is 2.00 bits per heavy atom. The zero-order valence-electron chi connectivity index (χ0n) is 11.8. The van der Waals surface area contributed by atoms with Gasteiger partial charge in [0.1, 0.15) is 5.82 Å². The Hall–Kier alpha value is -1.22. The van der Waals surface area contributed by atoms with Crippen LogP contribution in [0.25, 0.3) is 0 Å². The van der Waals surface area contributed by atoms with Crippen LogP contribution in [0.3, 0.4) is 0 Å². The van der Waals surface area contributed by atoms with Gasteiger partial charge in [-0.3, -0.25) is 4.79 Å². The van der Waals surface area contributed by atoms with Crippen molar-refractivity contribution < 1.29 is 9.18 Å². The van der Waals surface area contributed by atoms with E-state index in [4.69, 9.17) is 0 Å². The fraction of sp³-hybridized carbons (Fsp3) is 0.562. The van der Waals surface area contributed by atoms with Crippen LogP contribution in [-0.4, -0.2) is 18.4 Å². The number of ketones is 1. The van der Waals surface area contributed by atoms with E-state index in [0.717, 1.165) is 18.4 Å². The minimum atomic E-state index is -0.282. The molecule has 0 radical (unpaired) electrons. The van der Waals surface area contributed by atoms with Crippen LogP contribution in [0.1, 0.15) is 54.4 Å². The maximum Gasteiger partial charge on any atom is 0.164 e. The summed E-state index contributed by atoms with van der Waals surface area (Å²) < 4.78 is 13.1. The molecule has 0 saturated heterocycles. The maximum absolute atomic E-state index is 13.1. The minimum absolute atomic E-state index is 0.0594. The number of nitrogens with one attached hydrogen (secondary N) is 1. The number of carbonyl (C=O) groups excluding carboxylic acids is 1. The zero-order valence-corrected chi connectivity index (χ0v) is 11.8. The van der Waals surface area contributed by atoms with Gasteiger partial charge in [-0.05, 0) is 50.6 Å². The first-order chi connectivity index (χ1) is 9.06. The molecule has 0 aromatic heterocycles. The van der Waals surface area contributed by atoms with Gasteiger partial charge in [-0.25, -0.2) is 4.39 Å². The molecule has 0 aliphatic heterocycles. The van der Waals surface area contributed by atoms with E-state index >= 15 is 0 Å². The lowest BCUT2D eigenvalue weighted by molar-refractivity contribution is 0.0914. The van der Waals surface area contributed by atoms with E-state index < -0.39 is 0 Å². The van der Waals surface area contributed by atoms with E-state index in [1.807, 2.05) is 7.05 Å². The van der Waals surface area contributed by atoms with E-state index in [1.54, 1.807) is 13.0 Å². The van der Waals surface area contributed by atoms with Crippen LogP contribution >= 0.6 is 0 Å². The zero-order chi connectivity index (χ0) is 13.9. The summed E-state index contributed by atoms with van der Waals surface area (Å²) in [5.74, 6) is -0.163. The molecule has 1 saturated carbocycles. The van der Waals surface area contributed by atoms with Gasteiger partial charge >= 0.3 is 0 Å². The summed E-state index contributed by atoms with van der Waals surface area (Å²) in [4.78, 5) is 12.4. The van der Waals surface area contributed by atoms with E-state index in [1.165, 1.54) is 31.4 Å². The van der Waals surface area contributed by atoms with Crippen molar-refractivity contribution in [2.24, 2.45) is 0 Å². The molecule has 0 bridgehead atoms. The Morgan fingerprint density at radius 1 is 1.32 bits per heavy atom. The molecule has 0 amide bonds. The summed E-state index contributed by atoms with van der Waals surface area (Å²) in [5, 5.41) is 3.35. The lowest BCUT2D eigenvalue weighted by Crippen LogP contribution is -2.46. The fourth-order valence-corrected chi connectivity index (χ4v) is 3.09. The summed E-state index contributed by atoms with van der Waals surface area (Å²) in [6.45, 7) is 1.79. The van der Waals surface area contributed by atoms with Gasteiger partial charge in [0.2, 0.25) is 0 Å². The molecule has 2 nitrogen and oxygen atoms in total. The number of carbonyl (C=O) groups is 1. The van der Waals surface area contributed by atoms with E-state index in [2.05, 4.69) is 5.32 Å². The molecule has 0 atom stereocenters. The van der Waals surface area contributed by atoms with Gasteiger partial charge in [-0.1, -0.05) is 19.3 Å². The van der Waals surface area contributed by atoms with Gasteiger partial charge in [-0.15, -0.1) is 0 Å². The number of hydrogen-bond donors (Lipinski definition) is 1. The summed E-state index contributed by atoms with van der Waals surface area (Å²) in [5.41, 5.74) is 1.32. The van der Waals surface area contributed by atoms with Gasteiger partial charge in [0.05, 0.1) is 0 Å². The third-order valence-corrected chi connectivity index (χ3v) is 4.33. The highest BCUT2D eigenvalue weighted by Gasteiger charge is 2.33. The van der Waals surface area contributed by atoms with Crippen LogP contribution in [0.15, 0.2) is 18.2 Å². The standard InChI is InChI=1S/C16H22FNO/c1-12-10-13(17)6-7-14(12)15(19)11-16(18-2)8-4-3-5-9-16/h6-7,10,18H,3-5,8-9,11H2,1-2H3. The van der Waals surface area contributed by atoms with Crippen molar-refractivity contribution in [1.29, 1.82) is 0 Å². The van der Waals surface area contributed by atoms with Crippen molar-refractivity contribution in [2.75, 3.05) is 7.05 Å². The average Bonchev–Trinajstić information content (AvgIpc) is 2.39. The molecule has 0 unspecified atom stereocenters. The Bertz CT molecular complexity index is 464. The van der Waals surface area contributed by atoms with Crippen molar-refractivity contribution in [3.8, 4) is 0 Å². The quantitative estimate of drug-likeness (QED) is 0.840. The Balaban J connectivity index is 2.15. The highest BCUT2D eigenvalue weighted by molar-refractivity contribution is 5.98. The first-order valence-corrected chi connectivity index (χ1v) is 7.05. The van der Waals surface area contributed by atoms with Crippen molar-refractivity contribution >= 4 is 5.78 Å². The van der Waals surface area contributed by atoms with Crippen LogP contribution in [0.4, 0.5) is 4.39 Å². The molecule has 0 spiro atoms. The molecule has 19 heavy (non-hydrogen) atoms. The van der Waals surface area contributed by atoms with Crippen LogP contribution in [0.5, 0.6) is 0 Å². The molecule has 1 aromatic carbocycles. The second-order valence-corrected chi connectivity index (χ2v) is 5.65. The number of rotatable bonds is 4. The molecule has 1 fully saturated rings.